The third-order valence-corrected chi connectivity index (χ3v) is 4.32. The Morgan fingerprint density at radius 2 is 1.78 bits per heavy atom. The zero-order valence-corrected chi connectivity index (χ0v) is 11.6. The van der Waals surface area contributed by atoms with Crippen LogP contribution >= 0.6 is 0 Å². The molecule has 1 aliphatic rings. The highest BCUT2D eigenvalue weighted by atomic mass is 16.4. The highest BCUT2D eigenvalue weighted by molar-refractivity contribution is 5.76. The van der Waals surface area contributed by atoms with Gasteiger partial charge in [0.25, 0.3) is 0 Å². The molecule has 0 spiro atoms. The van der Waals surface area contributed by atoms with Crippen LogP contribution in [0.5, 0.6) is 0 Å². The molecule has 0 aliphatic carbocycles. The van der Waals surface area contributed by atoms with E-state index in [4.69, 9.17) is 5.11 Å². The van der Waals surface area contributed by atoms with Crippen LogP contribution in [0, 0.1) is 5.41 Å². The molecule has 0 aromatic carbocycles. The predicted molar refractivity (Wildman–Crippen MR) is 70.3 cm³/mol. The molecule has 1 saturated heterocycles. The second-order valence-corrected chi connectivity index (χ2v) is 5.37. The quantitative estimate of drug-likeness (QED) is 0.711. The van der Waals surface area contributed by atoms with Gasteiger partial charge in [-0.1, -0.05) is 13.8 Å². The number of aliphatic carboxylic acids is 1. The van der Waals surface area contributed by atoms with Crippen molar-refractivity contribution in [3.63, 3.8) is 0 Å². The maximum Gasteiger partial charge on any atom is 0.303 e. The third-order valence-electron chi connectivity index (χ3n) is 4.32. The summed E-state index contributed by atoms with van der Waals surface area (Å²) < 4.78 is 0. The van der Waals surface area contributed by atoms with Gasteiger partial charge in [-0.2, -0.15) is 0 Å². The summed E-state index contributed by atoms with van der Waals surface area (Å²) in [6.45, 7) is 6.16. The second kappa shape index (κ2) is 6.76. The van der Waals surface area contributed by atoms with Gasteiger partial charge in [0.2, 0.25) is 5.91 Å². The Labute approximate surface area is 109 Å². The van der Waals surface area contributed by atoms with Crippen molar-refractivity contribution in [2.75, 3.05) is 13.1 Å². The van der Waals surface area contributed by atoms with Crippen molar-refractivity contribution in [1.29, 1.82) is 0 Å². The first-order valence-corrected chi connectivity index (χ1v) is 7.02. The lowest BCUT2D eigenvalue weighted by Crippen LogP contribution is -2.31. The lowest BCUT2D eigenvalue weighted by molar-refractivity contribution is -0.137. The number of amides is 1. The van der Waals surface area contributed by atoms with E-state index in [0.717, 1.165) is 32.4 Å². The highest BCUT2D eigenvalue weighted by Gasteiger charge is 2.36. The van der Waals surface area contributed by atoms with Gasteiger partial charge >= 0.3 is 5.97 Å². The standard InChI is InChI=1S/C14H25NO3/c1-3-14(4-2)9-10-15(11-14)12(16)7-5-6-8-13(17)18/h3-11H2,1-2H3,(H,17,18). The number of hydrogen-bond donors (Lipinski definition) is 1. The van der Waals surface area contributed by atoms with E-state index in [2.05, 4.69) is 13.8 Å². The fourth-order valence-electron chi connectivity index (χ4n) is 2.69. The van der Waals surface area contributed by atoms with Crippen LogP contribution in [-0.4, -0.2) is 35.0 Å². The molecule has 0 bridgehead atoms. The van der Waals surface area contributed by atoms with Gasteiger partial charge < -0.3 is 10.0 Å². The number of likely N-dealkylation sites (tertiary alicyclic amines) is 1. The van der Waals surface area contributed by atoms with Crippen LogP contribution in [-0.2, 0) is 9.59 Å². The topological polar surface area (TPSA) is 57.6 Å². The van der Waals surface area contributed by atoms with Gasteiger partial charge in [-0.3, -0.25) is 9.59 Å². The average Bonchev–Trinajstić information content (AvgIpc) is 2.79. The molecule has 0 aromatic heterocycles. The van der Waals surface area contributed by atoms with Gasteiger partial charge in [-0.25, -0.2) is 0 Å². The summed E-state index contributed by atoms with van der Waals surface area (Å²) >= 11 is 0. The fourth-order valence-corrected chi connectivity index (χ4v) is 2.69. The zero-order chi connectivity index (χ0) is 13.6. The summed E-state index contributed by atoms with van der Waals surface area (Å²) in [7, 11) is 0. The summed E-state index contributed by atoms with van der Waals surface area (Å²) in [6.07, 6.45) is 5.33. The van der Waals surface area contributed by atoms with Gasteiger partial charge in [0.15, 0.2) is 0 Å². The normalized spacial score (nSPS) is 18.0. The summed E-state index contributed by atoms with van der Waals surface area (Å²) in [4.78, 5) is 24.3. The molecule has 1 fully saturated rings. The largest absolute Gasteiger partial charge is 0.481 e. The molecule has 0 saturated carbocycles. The van der Waals surface area contributed by atoms with Gasteiger partial charge in [0.05, 0.1) is 0 Å². The van der Waals surface area contributed by atoms with E-state index in [0.29, 0.717) is 24.7 Å². The van der Waals surface area contributed by atoms with Crippen LogP contribution in [0.15, 0.2) is 0 Å². The molecular formula is C14H25NO3. The molecule has 1 heterocycles. The van der Waals surface area contributed by atoms with Crippen molar-refractivity contribution in [2.45, 2.75) is 58.8 Å². The maximum absolute atomic E-state index is 12.0. The molecule has 1 amide bonds. The van der Waals surface area contributed by atoms with Gasteiger partial charge in [0, 0.05) is 25.9 Å². The fraction of sp³-hybridized carbons (Fsp3) is 0.857. The first-order valence-electron chi connectivity index (χ1n) is 7.02. The molecule has 104 valence electrons. The van der Waals surface area contributed by atoms with Crippen molar-refractivity contribution in [3.05, 3.63) is 0 Å². The minimum atomic E-state index is -0.778. The number of rotatable bonds is 7. The van der Waals surface area contributed by atoms with Gasteiger partial charge in [0.1, 0.15) is 0 Å². The Morgan fingerprint density at radius 1 is 1.17 bits per heavy atom. The summed E-state index contributed by atoms with van der Waals surface area (Å²) in [5.74, 6) is -0.580. The van der Waals surface area contributed by atoms with Crippen molar-refractivity contribution in [3.8, 4) is 0 Å². The number of unbranched alkanes of at least 4 members (excludes halogenated alkanes) is 1. The van der Waals surface area contributed by atoms with Crippen LogP contribution < -0.4 is 0 Å². The molecule has 18 heavy (non-hydrogen) atoms. The number of carbonyl (C=O) groups excluding carboxylic acids is 1. The van der Waals surface area contributed by atoms with Gasteiger partial charge in [-0.15, -0.1) is 0 Å². The van der Waals surface area contributed by atoms with Crippen LogP contribution in [0.4, 0.5) is 0 Å². The second-order valence-electron chi connectivity index (χ2n) is 5.37. The van der Waals surface area contributed by atoms with Crippen molar-refractivity contribution in [2.24, 2.45) is 5.41 Å². The Morgan fingerprint density at radius 3 is 2.28 bits per heavy atom. The molecule has 0 radical (unpaired) electrons. The van der Waals surface area contributed by atoms with E-state index >= 15 is 0 Å². The summed E-state index contributed by atoms with van der Waals surface area (Å²) in [5, 5.41) is 8.53. The number of nitrogens with zero attached hydrogens (tertiary/aromatic N) is 1. The average molecular weight is 255 g/mol. The number of carbonyl (C=O) groups is 2. The first kappa shape index (κ1) is 15.0. The summed E-state index contributed by atoms with van der Waals surface area (Å²) in [6, 6.07) is 0. The van der Waals surface area contributed by atoms with Crippen LogP contribution in [0.1, 0.15) is 58.8 Å². The molecule has 1 N–H and O–H groups in total. The van der Waals surface area contributed by atoms with E-state index in [1.165, 1.54) is 0 Å². The minimum Gasteiger partial charge on any atom is -0.481 e. The predicted octanol–water partition coefficient (Wildman–Crippen LogP) is 2.67. The molecule has 0 unspecified atom stereocenters. The van der Waals surface area contributed by atoms with Crippen LogP contribution in [0.3, 0.4) is 0 Å². The SMILES string of the molecule is CCC1(CC)CCN(C(=O)CCCCC(=O)O)C1. The molecule has 4 nitrogen and oxygen atoms in total. The Kier molecular flexibility index (Phi) is 5.63. The molecule has 0 atom stereocenters. The van der Waals surface area contributed by atoms with Crippen LogP contribution in [0.2, 0.25) is 0 Å². The van der Waals surface area contributed by atoms with Crippen molar-refractivity contribution >= 4 is 11.9 Å². The van der Waals surface area contributed by atoms with E-state index < -0.39 is 5.97 Å². The minimum absolute atomic E-state index is 0.168. The first-order chi connectivity index (χ1) is 8.53. The number of carboxylic acids is 1. The zero-order valence-electron chi connectivity index (χ0n) is 11.6. The molecule has 1 rings (SSSR count). The Bertz CT molecular complexity index is 297. The smallest absolute Gasteiger partial charge is 0.303 e. The lowest BCUT2D eigenvalue weighted by Gasteiger charge is -2.26. The molecule has 4 heteroatoms. The Hall–Kier alpha value is -1.06. The summed E-state index contributed by atoms with van der Waals surface area (Å²) in [5.41, 5.74) is 0.330. The highest BCUT2D eigenvalue weighted by Crippen LogP contribution is 2.37. The molecular weight excluding hydrogens is 230 g/mol. The monoisotopic (exact) mass is 255 g/mol. The molecule has 0 aromatic rings. The number of hydrogen-bond acceptors (Lipinski definition) is 2. The van der Waals surface area contributed by atoms with Crippen molar-refractivity contribution < 1.29 is 14.7 Å². The Balaban J connectivity index is 2.29. The van der Waals surface area contributed by atoms with Gasteiger partial charge in [-0.05, 0) is 37.5 Å². The van der Waals surface area contributed by atoms with E-state index in [1.54, 1.807) is 0 Å². The lowest BCUT2D eigenvalue weighted by atomic mass is 9.82. The number of carboxylic acid groups (broad SMARTS) is 1. The molecule has 1 aliphatic heterocycles. The van der Waals surface area contributed by atoms with E-state index in [-0.39, 0.29) is 12.3 Å². The van der Waals surface area contributed by atoms with E-state index in [1.807, 2.05) is 4.90 Å². The van der Waals surface area contributed by atoms with Crippen LogP contribution in [0.25, 0.3) is 0 Å². The maximum atomic E-state index is 12.0. The van der Waals surface area contributed by atoms with Crippen molar-refractivity contribution in [1.82, 2.24) is 4.90 Å². The van der Waals surface area contributed by atoms with E-state index in [9.17, 15) is 9.59 Å². The third kappa shape index (κ3) is 4.00.